The van der Waals surface area contributed by atoms with E-state index in [9.17, 15) is 13.2 Å². The van der Waals surface area contributed by atoms with Crippen LogP contribution in [0.25, 0.3) is 0 Å². The Hall–Kier alpha value is -1.57. The van der Waals surface area contributed by atoms with E-state index in [2.05, 4.69) is 14.7 Å². The predicted octanol–water partition coefficient (Wildman–Crippen LogP) is 1.92. The average molecular weight is 265 g/mol. The summed E-state index contributed by atoms with van der Waals surface area (Å²) in [5.74, 6) is -0.00710. The Bertz CT molecular complexity index is 398. The van der Waals surface area contributed by atoms with Gasteiger partial charge in [-0.3, -0.25) is 0 Å². The van der Waals surface area contributed by atoms with Gasteiger partial charge in [0.25, 0.3) is 0 Å². The highest BCUT2D eigenvalue weighted by molar-refractivity contribution is 5.32. The third kappa shape index (κ3) is 4.36. The first-order valence-corrected chi connectivity index (χ1v) is 5.27. The Morgan fingerprint density at radius 2 is 2.06 bits per heavy atom. The van der Waals surface area contributed by atoms with Crippen LogP contribution in [0.1, 0.15) is 19.7 Å². The fraction of sp³-hybridized carbons (Fsp3) is 0.600. The number of anilines is 1. The van der Waals surface area contributed by atoms with E-state index in [4.69, 9.17) is 10.5 Å². The lowest BCUT2D eigenvalue weighted by Gasteiger charge is -2.17. The molecule has 102 valence electrons. The lowest BCUT2D eigenvalue weighted by molar-refractivity contribution is -0.190. The number of ether oxygens (including phenoxy) is 2. The van der Waals surface area contributed by atoms with Crippen LogP contribution < -0.4 is 10.5 Å². The molecule has 1 rings (SSSR count). The van der Waals surface area contributed by atoms with Gasteiger partial charge in [-0.2, -0.15) is 18.2 Å². The van der Waals surface area contributed by atoms with Crippen LogP contribution in [0.15, 0.2) is 6.07 Å². The summed E-state index contributed by atoms with van der Waals surface area (Å²) in [5, 5.41) is 0. The summed E-state index contributed by atoms with van der Waals surface area (Å²) in [6, 6.07) is 1.14. The molecule has 0 aromatic carbocycles. The van der Waals surface area contributed by atoms with Gasteiger partial charge in [0, 0.05) is 12.7 Å². The summed E-state index contributed by atoms with van der Waals surface area (Å²) in [4.78, 5) is 7.61. The van der Waals surface area contributed by atoms with E-state index in [1.165, 1.54) is 0 Å². The zero-order chi connectivity index (χ0) is 13.8. The molecule has 0 aliphatic rings. The second-order valence-corrected chi connectivity index (χ2v) is 3.49. The normalized spacial score (nSPS) is 13.4. The van der Waals surface area contributed by atoms with Crippen molar-refractivity contribution in [1.82, 2.24) is 9.97 Å². The molecule has 0 saturated heterocycles. The fourth-order valence-electron chi connectivity index (χ4n) is 1.06. The van der Waals surface area contributed by atoms with Crippen LogP contribution in [0.2, 0.25) is 0 Å². The second-order valence-electron chi connectivity index (χ2n) is 3.49. The van der Waals surface area contributed by atoms with Gasteiger partial charge in [-0.25, -0.2) is 4.98 Å². The third-order valence-electron chi connectivity index (χ3n) is 1.96. The largest absolute Gasteiger partial charge is 0.465 e. The van der Waals surface area contributed by atoms with Gasteiger partial charge >= 0.3 is 6.18 Å². The van der Waals surface area contributed by atoms with Crippen molar-refractivity contribution in [2.75, 3.05) is 12.3 Å². The quantitative estimate of drug-likeness (QED) is 0.880. The van der Waals surface area contributed by atoms with Gasteiger partial charge in [0.15, 0.2) is 11.9 Å². The van der Waals surface area contributed by atoms with Crippen molar-refractivity contribution in [3.05, 3.63) is 11.9 Å². The van der Waals surface area contributed by atoms with E-state index in [1.807, 2.05) is 0 Å². The number of hydrogen-bond donors (Lipinski definition) is 1. The molecule has 1 aromatic rings. The summed E-state index contributed by atoms with van der Waals surface area (Å²) in [5.41, 5.74) is 5.45. The van der Waals surface area contributed by atoms with Crippen LogP contribution in [-0.4, -0.2) is 28.9 Å². The maximum Gasteiger partial charge on any atom is 0.425 e. The molecule has 2 N–H and O–H groups in total. The highest BCUT2D eigenvalue weighted by Crippen LogP contribution is 2.24. The van der Waals surface area contributed by atoms with Crippen molar-refractivity contribution in [2.24, 2.45) is 0 Å². The summed E-state index contributed by atoms with van der Waals surface area (Å²) >= 11 is 0. The molecule has 8 heteroatoms. The molecule has 1 aromatic heterocycles. The third-order valence-corrected chi connectivity index (χ3v) is 1.96. The smallest absolute Gasteiger partial charge is 0.425 e. The van der Waals surface area contributed by atoms with Crippen molar-refractivity contribution in [2.45, 2.75) is 32.7 Å². The van der Waals surface area contributed by atoms with Crippen LogP contribution in [0.5, 0.6) is 5.88 Å². The van der Waals surface area contributed by atoms with Gasteiger partial charge in [0.1, 0.15) is 12.4 Å². The molecule has 18 heavy (non-hydrogen) atoms. The lowest BCUT2D eigenvalue weighted by atomic mass is 10.4. The van der Waals surface area contributed by atoms with E-state index < -0.39 is 12.3 Å². The number of nitrogens with two attached hydrogens (primary N) is 1. The highest BCUT2D eigenvalue weighted by atomic mass is 19.4. The fourth-order valence-corrected chi connectivity index (χ4v) is 1.06. The molecule has 0 bridgehead atoms. The van der Waals surface area contributed by atoms with E-state index in [-0.39, 0.29) is 24.1 Å². The number of halogens is 3. The molecule has 0 spiro atoms. The van der Waals surface area contributed by atoms with Crippen molar-refractivity contribution in [3.63, 3.8) is 0 Å². The molecule has 0 fully saturated rings. The first-order chi connectivity index (χ1) is 8.32. The van der Waals surface area contributed by atoms with Gasteiger partial charge in [-0.05, 0) is 13.8 Å². The summed E-state index contributed by atoms with van der Waals surface area (Å²) in [6.07, 6.45) is -6.42. The van der Waals surface area contributed by atoms with Crippen LogP contribution in [0, 0.1) is 0 Å². The topological polar surface area (TPSA) is 70.3 Å². The van der Waals surface area contributed by atoms with E-state index in [0.717, 1.165) is 13.0 Å². The van der Waals surface area contributed by atoms with Gasteiger partial charge in [-0.1, -0.05) is 0 Å². The van der Waals surface area contributed by atoms with Crippen molar-refractivity contribution in [1.29, 1.82) is 0 Å². The maximum atomic E-state index is 12.3. The average Bonchev–Trinajstić information content (AvgIpc) is 2.24. The Morgan fingerprint density at radius 3 is 2.61 bits per heavy atom. The SMILES string of the molecule is CCOCc1nc(N)cc(OC(C)C(F)(F)F)n1. The number of nitrogens with zero attached hydrogens (tertiary/aromatic N) is 2. The molecule has 1 unspecified atom stereocenters. The number of hydrogen-bond acceptors (Lipinski definition) is 5. The monoisotopic (exact) mass is 265 g/mol. The number of aromatic nitrogens is 2. The van der Waals surface area contributed by atoms with Crippen LogP contribution in [-0.2, 0) is 11.3 Å². The Balaban J connectivity index is 2.79. The van der Waals surface area contributed by atoms with Crippen molar-refractivity contribution < 1.29 is 22.6 Å². The minimum Gasteiger partial charge on any atom is -0.465 e. The molecule has 1 atom stereocenters. The molecule has 0 saturated carbocycles. The maximum absolute atomic E-state index is 12.3. The molecule has 0 aliphatic heterocycles. The molecular weight excluding hydrogens is 251 g/mol. The molecule has 0 radical (unpaired) electrons. The lowest BCUT2D eigenvalue weighted by Crippen LogP contribution is -2.31. The predicted molar refractivity (Wildman–Crippen MR) is 57.9 cm³/mol. The Kier molecular flexibility index (Phi) is 4.71. The minimum atomic E-state index is -4.46. The molecule has 0 aliphatic carbocycles. The highest BCUT2D eigenvalue weighted by Gasteiger charge is 2.38. The first-order valence-electron chi connectivity index (χ1n) is 5.27. The summed E-state index contributed by atoms with van der Waals surface area (Å²) in [6.45, 7) is 3.17. The Morgan fingerprint density at radius 1 is 1.39 bits per heavy atom. The Labute approximate surface area is 102 Å². The van der Waals surface area contributed by atoms with Gasteiger partial charge in [-0.15, -0.1) is 0 Å². The van der Waals surface area contributed by atoms with E-state index in [1.54, 1.807) is 6.92 Å². The number of rotatable bonds is 5. The zero-order valence-electron chi connectivity index (χ0n) is 9.99. The molecule has 0 amide bonds. The van der Waals surface area contributed by atoms with Gasteiger partial charge < -0.3 is 15.2 Å². The van der Waals surface area contributed by atoms with Gasteiger partial charge in [0.05, 0.1) is 0 Å². The van der Waals surface area contributed by atoms with Crippen LogP contribution >= 0.6 is 0 Å². The summed E-state index contributed by atoms with van der Waals surface area (Å²) < 4.78 is 46.7. The molecule has 1 heterocycles. The van der Waals surface area contributed by atoms with E-state index in [0.29, 0.717) is 6.61 Å². The molecular formula is C10H14F3N3O2. The molecule has 5 nitrogen and oxygen atoms in total. The van der Waals surface area contributed by atoms with Crippen molar-refractivity contribution in [3.8, 4) is 5.88 Å². The minimum absolute atomic E-state index is 0.0316. The van der Waals surface area contributed by atoms with Crippen molar-refractivity contribution >= 4 is 5.82 Å². The standard InChI is InChI=1S/C10H14F3N3O2/c1-3-17-5-8-15-7(14)4-9(16-8)18-6(2)10(11,12)13/h4,6H,3,5H2,1-2H3,(H2,14,15,16). The second kappa shape index (κ2) is 5.85. The van der Waals surface area contributed by atoms with Gasteiger partial charge in [0.2, 0.25) is 5.88 Å². The van der Waals surface area contributed by atoms with Crippen LogP contribution in [0.3, 0.4) is 0 Å². The van der Waals surface area contributed by atoms with Crippen LogP contribution in [0.4, 0.5) is 19.0 Å². The first kappa shape index (κ1) is 14.5. The number of alkyl halides is 3. The number of nitrogen functional groups attached to an aromatic ring is 1. The van der Waals surface area contributed by atoms with E-state index >= 15 is 0 Å². The zero-order valence-corrected chi connectivity index (χ0v) is 9.99. The summed E-state index contributed by atoms with van der Waals surface area (Å²) in [7, 11) is 0.